The minimum atomic E-state index is -0.396. The van der Waals surface area contributed by atoms with Crippen LogP contribution in [0.2, 0.25) is 0 Å². The van der Waals surface area contributed by atoms with Crippen LogP contribution < -0.4 is 5.32 Å². The maximum atomic E-state index is 10.6. The van der Waals surface area contributed by atoms with E-state index >= 15 is 0 Å². The van der Waals surface area contributed by atoms with Gasteiger partial charge in [-0.2, -0.15) is 0 Å². The maximum Gasteiger partial charge on any atom is 0.0680 e. The summed E-state index contributed by atoms with van der Waals surface area (Å²) in [6, 6.07) is 1.15. The van der Waals surface area contributed by atoms with Crippen molar-refractivity contribution in [1.82, 2.24) is 5.32 Å². The highest BCUT2D eigenvalue weighted by atomic mass is 16.3. The minimum absolute atomic E-state index is 0.396. The molecule has 2 N–H and O–H groups in total. The Morgan fingerprint density at radius 1 is 1.31 bits per heavy atom. The molecule has 2 aliphatic heterocycles. The van der Waals surface area contributed by atoms with Gasteiger partial charge in [0.15, 0.2) is 0 Å². The lowest BCUT2D eigenvalue weighted by Gasteiger charge is -2.45. The summed E-state index contributed by atoms with van der Waals surface area (Å²) in [5.74, 6) is 0. The smallest absolute Gasteiger partial charge is 0.0680 e. The molecule has 0 amide bonds. The number of piperidine rings is 2. The van der Waals surface area contributed by atoms with E-state index in [9.17, 15) is 5.11 Å². The minimum Gasteiger partial charge on any atom is -0.390 e. The predicted octanol–water partition coefficient (Wildman–Crippen LogP) is 2.77. The number of aliphatic hydroxyl groups is 1. The summed E-state index contributed by atoms with van der Waals surface area (Å²) < 4.78 is 0. The van der Waals surface area contributed by atoms with Crippen molar-refractivity contribution in [3.8, 4) is 0 Å². The molecular weight excluding hydrogens is 198 g/mol. The molecular formula is C14H25NO. The van der Waals surface area contributed by atoms with Gasteiger partial charge in [-0.25, -0.2) is 0 Å². The third-order valence-corrected chi connectivity index (χ3v) is 3.99. The van der Waals surface area contributed by atoms with E-state index in [2.05, 4.69) is 25.2 Å². The predicted molar refractivity (Wildman–Crippen MR) is 67.4 cm³/mol. The van der Waals surface area contributed by atoms with Crippen molar-refractivity contribution in [2.75, 3.05) is 0 Å². The van der Waals surface area contributed by atoms with Crippen LogP contribution in [0.3, 0.4) is 0 Å². The molecule has 0 aromatic rings. The van der Waals surface area contributed by atoms with E-state index in [1.807, 2.05) is 0 Å². The first kappa shape index (κ1) is 12.1. The molecule has 0 spiro atoms. The fraction of sp³-hybridized carbons (Fsp3) is 0.857. The Balaban J connectivity index is 1.89. The van der Waals surface area contributed by atoms with Crippen molar-refractivity contribution in [2.45, 2.75) is 76.5 Å². The van der Waals surface area contributed by atoms with Crippen molar-refractivity contribution in [2.24, 2.45) is 0 Å². The zero-order chi connectivity index (χ0) is 11.6. The number of rotatable bonds is 3. The van der Waals surface area contributed by atoms with Gasteiger partial charge in [-0.05, 0) is 52.4 Å². The highest BCUT2D eigenvalue weighted by molar-refractivity contribution is 5.00. The molecule has 0 aliphatic carbocycles. The fourth-order valence-electron chi connectivity index (χ4n) is 3.27. The van der Waals surface area contributed by atoms with E-state index in [4.69, 9.17) is 0 Å². The zero-order valence-electron chi connectivity index (χ0n) is 10.6. The standard InChI is InChI=1S/C14H25NO/c1-11(2)5-4-8-14(16)9-12-6-3-7-13(10-14)15-12/h5,12-13,15-16H,3-4,6-10H2,1-2H3. The van der Waals surface area contributed by atoms with Crippen molar-refractivity contribution in [1.29, 1.82) is 0 Å². The number of allylic oxidation sites excluding steroid dienone is 2. The lowest BCUT2D eigenvalue weighted by atomic mass is 9.75. The van der Waals surface area contributed by atoms with E-state index in [1.54, 1.807) is 0 Å². The molecule has 0 radical (unpaired) electrons. The lowest BCUT2D eigenvalue weighted by molar-refractivity contribution is -0.0363. The molecule has 2 heteroatoms. The normalized spacial score (nSPS) is 38.2. The summed E-state index contributed by atoms with van der Waals surface area (Å²) in [5, 5.41) is 14.3. The van der Waals surface area contributed by atoms with Gasteiger partial charge >= 0.3 is 0 Å². The summed E-state index contributed by atoms with van der Waals surface area (Å²) >= 11 is 0. The quantitative estimate of drug-likeness (QED) is 0.721. The van der Waals surface area contributed by atoms with Crippen molar-refractivity contribution >= 4 is 0 Å². The Hall–Kier alpha value is -0.340. The molecule has 2 bridgehead atoms. The molecule has 2 rings (SSSR count). The van der Waals surface area contributed by atoms with E-state index < -0.39 is 5.60 Å². The molecule has 0 saturated carbocycles. The monoisotopic (exact) mass is 223 g/mol. The van der Waals surface area contributed by atoms with Crippen molar-refractivity contribution in [3.05, 3.63) is 11.6 Å². The fourth-order valence-corrected chi connectivity index (χ4v) is 3.27. The SMILES string of the molecule is CC(C)=CCCC1(O)CC2CCCC(C1)N2. The van der Waals surface area contributed by atoms with Crippen LogP contribution in [0.25, 0.3) is 0 Å². The van der Waals surface area contributed by atoms with Gasteiger partial charge in [0, 0.05) is 12.1 Å². The van der Waals surface area contributed by atoms with Crippen LogP contribution in [0.1, 0.15) is 58.8 Å². The number of hydrogen-bond donors (Lipinski definition) is 2. The van der Waals surface area contributed by atoms with Crippen LogP contribution in [0.5, 0.6) is 0 Å². The second-order valence-electron chi connectivity index (χ2n) is 5.94. The van der Waals surface area contributed by atoms with Gasteiger partial charge in [0.1, 0.15) is 0 Å². The summed E-state index contributed by atoms with van der Waals surface area (Å²) in [7, 11) is 0. The number of hydrogen-bond acceptors (Lipinski definition) is 2. The van der Waals surface area contributed by atoms with Gasteiger partial charge in [-0.3, -0.25) is 0 Å². The molecule has 92 valence electrons. The van der Waals surface area contributed by atoms with E-state index in [0.29, 0.717) is 12.1 Å². The lowest BCUT2D eigenvalue weighted by Crippen LogP contribution is -2.55. The highest BCUT2D eigenvalue weighted by Crippen LogP contribution is 2.35. The first-order chi connectivity index (χ1) is 7.57. The second kappa shape index (κ2) is 4.89. The average molecular weight is 223 g/mol. The largest absolute Gasteiger partial charge is 0.390 e. The van der Waals surface area contributed by atoms with Crippen LogP contribution in [-0.4, -0.2) is 22.8 Å². The zero-order valence-corrected chi connectivity index (χ0v) is 10.6. The van der Waals surface area contributed by atoms with Crippen molar-refractivity contribution in [3.63, 3.8) is 0 Å². The first-order valence-corrected chi connectivity index (χ1v) is 6.69. The van der Waals surface area contributed by atoms with Gasteiger partial charge in [-0.15, -0.1) is 0 Å². The molecule has 2 unspecified atom stereocenters. The summed E-state index contributed by atoms with van der Waals surface area (Å²) in [4.78, 5) is 0. The molecule has 2 aliphatic rings. The van der Waals surface area contributed by atoms with Gasteiger partial charge < -0.3 is 10.4 Å². The topological polar surface area (TPSA) is 32.3 Å². The van der Waals surface area contributed by atoms with E-state index in [1.165, 1.54) is 24.8 Å². The Labute approximate surface area is 99.1 Å². The average Bonchev–Trinajstić information content (AvgIpc) is 2.15. The molecule has 2 fully saturated rings. The molecule has 2 heterocycles. The number of fused-ring (bicyclic) bond motifs is 2. The Morgan fingerprint density at radius 3 is 2.50 bits per heavy atom. The van der Waals surface area contributed by atoms with Crippen LogP contribution >= 0.6 is 0 Å². The Morgan fingerprint density at radius 2 is 1.94 bits per heavy atom. The molecule has 2 atom stereocenters. The molecule has 2 saturated heterocycles. The third-order valence-electron chi connectivity index (χ3n) is 3.99. The molecule has 2 nitrogen and oxygen atoms in total. The maximum absolute atomic E-state index is 10.6. The van der Waals surface area contributed by atoms with Crippen LogP contribution in [-0.2, 0) is 0 Å². The molecule has 16 heavy (non-hydrogen) atoms. The summed E-state index contributed by atoms with van der Waals surface area (Å²) in [5.41, 5.74) is 0.963. The molecule has 0 aromatic heterocycles. The highest BCUT2D eigenvalue weighted by Gasteiger charge is 2.39. The Kier molecular flexibility index (Phi) is 3.70. The van der Waals surface area contributed by atoms with Gasteiger partial charge in [0.2, 0.25) is 0 Å². The second-order valence-corrected chi connectivity index (χ2v) is 5.94. The summed E-state index contributed by atoms with van der Waals surface area (Å²) in [6.45, 7) is 4.25. The first-order valence-electron chi connectivity index (χ1n) is 6.69. The van der Waals surface area contributed by atoms with E-state index in [0.717, 1.165) is 25.7 Å². The summed E-state index contributed by atoms with van der Waals surface area (Å²) in [6.07, 6.45) is 9.97. The van der Waals surface area contributed by atoms with Gasteiger partial charge in [-0.1, -0.05) is 18.1 Å². The van der Waals surface area contributed by atoms with Gasteiger partial charge in [0.25, 0.3) is 0 Å². The third kappa shape index (κ3) is 3.08. The van der Waals surface area contributed by atoms with Crippen LogP contribution in [0.4, 0.5) is 0 Å². The van der Waals surface area contributed by atoms with Crippen LogP contribution in [0, 0.1) is 0 Å². The number of nitrogens with one attached hydrogen (secondary N) is 1. The Bertz CT molecular complexity index is 256. The van der Waals surface area contributed by atoms with Crippen molar-refractivity contribution < 1.29 is 5.11 Å². The van der Waals surface area contributed by atoms with E-state index in [-0.39, 0.29) is 0 Å². The molecule has 0 aromatic carbocycles. The van der Waals surface area contributed by atoms with Gasteiger partial charge in [0.05, 0.1) is 5.60 Å². The van der Waals surface area contributed by atoms with Crippen LogP contribution in [0.15, 0.2) is 11.6 Å².